The molecule has 0 bridgehead atoms. The lowest BCUT2D eigenvalue weighted by Gasteiger charge is -2.22. The second-order valence-electron chi connectivity index (χ2n) is 4.51. The van der Waals surface area contributed by atoms with Gasteiger partial charge in [-0.15, -0.1) is 11.8 Å². The fourth-order valence-electron chi connectivity index (χ4n) is 1.94. The van der Waals surface area contributed by atoms with Crippen LogP contribution in [0.3, 0.4) is 0 Å². The summed E-state index contributed by atoms with van der Waals surface area (Å²) in [6.45, 7) is 3.92. The predicted molar refractivity (Wildman–Crippen MR) is 72.8 cm³/mol. The molecule has 0 aromatic heterocycles. The first-order chi connectivity index (χ1) is 8.63. The molecule has 0 aromatic carbocycles. The van der Waals surface area contributed by atoms with Crippen LogP contribution >= 0.6 is 11.8 Å². The van der Waals surface area contributed by atoms with Crippen LogP contribution < -0.4 is 10.6 Å². The van der Waals surface area contributed by atoms with E-state index in [1.807, 2.05) is 6.92 Å². The van der Waals surface area contributed by atoms with E-state index in [9.17, 15) is 9.59 Å². The Balaban J connectivity index is 2.24. The van der Waals surface area contributed by atoms with E-state index in [4.69, 9.17) is 5.11 Å². The van der Waals surface area contributed by atoms with Crippen LogP contribution in [0.15, 0.2) is 0 Å². The first-order valence-corrected chi connectivity index (χ1v) is 7.52. The summed E-state index contributed by atoms with van der Waals surface area (Å²) < 4.78 is 0. The molecule has 5 nitrogen and oxygen atoms in total. The minimum atomic E-state index is -0.947. The molecule has 1 saturated heterocycles. The Kier molecular flexibility index (Phi) is 7.12. The van der Waals surface area contributed by atoms with E-state index >= 15 is 0 Å². The van der Waals surface area contributed by atoms with E-state index in [0.29, 0.717) is 17.4 Å². The van der Waals surface area contributed by atoms with Gasteiger partial charge >= 0.3 is 5.97 Å². The van der Waals surface area contributed by atoms with Crippen molar-refractivity contribution in [2.45, 2.75) is 43.9 Å². The molecule has 0 aliphatic carbocycles. The van der Waals surface area contributed by atoms with Crippen molar-refractivity contribution in [2.24, 2.45) is 0 Å². The molecular weight excluding hydrogens is 252 g/mol. The summed E-state index contributed by atoms with van der Waals surface area (Å²) in [5, 5.41) is 15.3. The average molecular weight is 274 g/mol. The topological polar surface area (TPSA) is 78.4 Å². The van der Waals surface area contributed by atoms with Crippen LogP contribution in [0.1, 0.15) is 32.6 Å². The van der Waals surface area contributed by atoms with Gasteiger partial charge in [0.15, 0.2) is 0 Å². The quantitative estimate of drug-likeness (QED) is 0.641. The van der Waals surface area contributed by atoms with E-state index in [1.54, 1.807) is 11.8 Å². The number of hydrogen-bond donors (Lipinski definition) is 3. The zero-order chi connectivity index (χ0) is 13.4. The van der Waals surface area contributed by atoms with Gasteiger partial charge in [0, 0.05) is 5.25 Å². The van der Waals surface area contributed by atoms with Crippen LogP contribution in [0.5, 0.6) is 0 Å². The molecular formula is C12H22N2O3S. The van der Waals surface area contributed by atoms with Gasteiger partial charge in [-0.2, -0.15) is 0 Å². The maximum Gasteiger partial charge on any atom is 0.326 e. The molecule has 0 saturated carbocycles. The number of hydrogen-bond acceptors (Lipinski definition) is 4. The van der Waals surface area contributed by atoms with E-state index in [2.05, 4.69) is 10.6 Å². The molecule has 0 radical (unpaired) electrons. The van der Waals surface area contributed by atoms with Crippen molar-refractivity contribution in [3.05, 3.63) is 0 Å². The average Bonchev–Trinajstić information content (AvgIpc) is 2.37. The number of rotatable bonds is 7. The first-order valence-electron chi connectivity index (χ1n) is 6.48. The first kappa shape index (κ1) is 15.3. The Morgan fingerprint density at radius 2 is 2.11 bits per heavy atom. The molecule has 1 fully saturated rings. The number of carbonyl (C=O) groups is 2. The number of amides is 1. The Morgan fingerprint density at radius 3 is 2.67 bits per heavy atom. The lowest BCUT2D eigenvalue weighted by molar-refractivity contribution is -0.141. The van der Waals surface area contributed by atoms with Gasteiger partial charge < -0.3 is 15.7 Å². The third kappa shape index (κ3) is 5.73. The number of carboxylic acid groups (broad SMARTS) is 1. The van der Waals surface area contributed by atoms with Gasteiger partial charge in [-0.05, 0) is 32.4 Å². The van der Waals surface area contributed by atoms with Crippen LogP contribution in [0, 0.1) is 0 Å². The maximum absolute atomic E-state index is 11.7. The lowest BCUT2D eigenvalue weighted by atomic mass is 10.2. The summed E-state index contributed by atoms with van der Waals surface area (Å²) in [5.41, 5.74) is 0. The van der Waals surface area contributed by atoms with Crippen LogP contribution in [-0.4, -0.2) is 47.1 Å². The van der Waals surface area contributed by atoms with E-state index in [1.165, 1.54) is 0 Å². The molecule has 1 heterocycles. The van der Waals surface area contributed by atoms with Crippen LogP contribution in [-0.2, 0) is 9.59 Å². The van der Waals surface area contributed by atoms with Crippen molar-refractivity contribution in [1.29, 1.82) is 0 Å². The molecule has 0 aromatic rings. The fourth-order valence-corrected chi connectivity index (χ4v) is 2.98. The molecule has 6 heteroatoms. The predicted octanol–water partition coefficient (Wildman–Crippen LogP) is 0.841. The van der Waals surface area contributed by atoms with Crippen molar-refractivity contribution in [1.82, 2.24) is 10.6 Å². The highest BCUT2D eigenvalue weighted by Gasteiger charge is 2.20. The largest absolute Gasteiger partial charge is 0.480 e. The number of nitrogens with one attached hydrogen (secondary N) is 2. The molecule has 1 aliphatic rings. The van der Waals surface area contributed by atoms with Crippen molar-refractivity contribution in [3.8, 4) is 0 Å². The Bertz CT molecular complexity index is 280. The van der Waals surface area contributed by atoms with Crippen molar-refractivity contribution in [3.63, 3.8) is 0 Å². The lowest BCUT2D eigenvalue weighted by Crippen LogP contribution is -2.42. The summed E-state index contributed by atoms with van der Waals surface area (Å²) >= 11 is 1.63. The van der Waals surface area contributed by atoms with Gasteiger partial charge in [-0.25, -0.2) is 4.79 Å². The van der Waals surface area contributed by atoms with Gasteiger partial charge in [0.1, 0.15) is 6.04 Å². The summed E-state index contributed by atoms with van der Waals surface area (Å²) in [6, 6.07) is -0.740. The molecule has 0 spiro atoms. The van der Waals surface area contributed by atoms with E-state index in [0.717, 1.165) is 32.4 Å². The monoisotopic (exact) mass is 274 g/mol. The molecule has 104 valence electrons. The number of carbonyl (C=O) groups excluding carboxylic acids is 1. The second kappa shape index (κ2) is 8.37. The van der Waals surface area contributed by atoms with Crippen LogP contribution in [0.4, 0.5) is 0 Å². The molecule has 1 amide bonds. The summed E-state index contributed by atoms with van der Waals surface area (Å²) in [4.78, 5) is 22.6. The highest BCUT2D eigenvalue weighted by atomic mass is 32.2. The third-order valence-electron chi connectivity index (χ3n) is 2.95. The zero-order valence-corrected chi connectivity index (χ0v) is 11.6. The minimum absolute atomic E-state index is 0.167. The van der Waals surface area contributed by atoms with Gasteiger partial charge in [0.25, 0.3) is 0 Å². The molecule has 18 heavy (non-hydrogen) atoms. The SMILES string of the molecule is CCCC(NC(=O)CSC1CCNCC1)C(=O)O. The Hall–Kier alpha value is -0.750. The molecule has 3 N–H and O–H groups in total. The van der Waals surface area contributed by atoms with E-state index < -0.39 is 12.0 Å². The molecule has 1 rings (SSSR count). The number of carboxylic acids is 1. The zero-order valence-electron chi connectivity index (χ0n) is 10.8. The minimum Gasteiger partial charge on any atom is -0.480 e. The smallest absolute Gasteiger partial charge is 0.326 e. The van der Waals surface area contributed by atoms with Gasteiger partial charge in [0.05, 0.1) is 5.75 Å². The summed E-state index contributed by atoms with van der Waals surface area (Å²) in [5.74, 6) is -0.755. The highest BCUT2D eigenvalue weighted by molar-refractivity contribution is 8.00. The molecule has 1 unspecified atom stereocenters. The van der Waals surface area contributed by atoms with Gasteiger partial charge in [-0.3, -0.25) is 4.79 Å². The number of piperidine rings is 1. The van der Waals surface area contributed by atoms with E-state index in [-0.39, 0.29) is 5.91 Å². The van der Waals surface area contributed by atoms with Gasteiger partial charge in [-0.1, -0.05) is 13.3 Å². The highest BCUT2D eigenvalue weighted by Crippen LogP contribution is 2.19. The Morgan fingerprint density at radius 1 is 1.44 bits per heavy atom. The van der Waals surface area contributed by atoms with Crippen LogP contribution in [0.2, 0.25) is 0 Å². The van der Waals surface area contributed by atoms with Crippen molar-refractivity contribution in [2.75, 3.05) is 18.8 Å². The van der Waals surface area contributed by atoms with Gasteiger partial charge in [0.2, 0.25) is 5.91 Å². The summed E-state index contributed by atoms with van der Waals surface area (Å²) in [6.07, 6.45) is 3.39. The fraction of sp³-hybridized carbons (Fsp3) is 0.833. The second-order valence-corrected chi connectivity index (χ2v) is 5.80. The number of aliphatic carboxylic acids is 1. The summed E-state index contributed by atoms with van der Waals surface area (Å²) in [7, 11) is 0. The molecule has 1 atom stereocenters. The van der Waals surface area contributed by atoms with Crippen molar-refractivity contribution >= 4 is 23.6 Å². The maximum atomic E-state index is 11.7. The van der Waals surface area contributed by atoms with Crippen molar-refractivity contribution < 1.29 is 14.7 Å². The normalized spacial score (nSPS) is 18.3. The van der Waals surface area contributed by atoms with Crippen LogP contribution in [0.25, 0.3) is 0 Å². The third-order valence-corrected chi connectivity index (χ3v) is 4.32. The Labute approximate surface area is 112 Å². The standard InChI is InChI=1S/C12H22N2O3S/c1-2-3-10(12(16)17)14-11(15)8-18-9-4-6-13-7-5-9/h9-10,13H,2-8H2,1H3,(H,14,15)(H,16,17). The number of thioether (sulfide) groups is 1. The molecule has 1 aliphatic heterocycles.